The van der Waals surface area contributed by atoms with Gasteiger partial charge in [-0.1, -0.05) is 42.7 Å². The average Bonchev–Trinajstić information content (AvgIpc) is 2.45. The van der Waals surface area contributed by atoms with Crippen LogP contribution in [-0.4, -0.2) is 12.6 Å². The Labute approximate surface area is 143 Å². The van der Waals surface area contributed by atoms with E-state index in [0.29, 0.717) is 12.5 Å². The molecule has 0 rings (SSSR count). The highest BCUT2D eigenvalue weighted by molar-refractivity contribution is 5.72. The number of esters is 1. The highest BCUT2D eigenvalue weighted by atomic mass is 16.5. The summed E-state index contributed by atoms with van der Waals surface area (Å²) in [6.45, 7) is 15.0. The van der Waals surface area contributed by atoms with E-state index in [0.717, 1.165) is 25.7 Å². The lowest BCUT2D eigenvalue weighted by atomic mass is 9.91. The maximum Gasteiger partial charge on any atom is 0.309 e. The molecule has 0 amide bonds. The van der Waals surface area contributed by atoms with E-state index < -0.39 is 0 Å². The van der Waals surface area contributed by atoms with Crippen molar-refractivity contribution in [1.82, 2.24) is 0 Å². The van der Waals surface area contributed by atoms with Gasteiger partial charge in [0.05, 0.1) is 5.92 Å². The van der Waals surface area contributed by atoms with Crippen LogP contribution in [0.15, 0.2) is 34.9 Å². The van der Waals surface area contributed by atoms with Gasteiger partial charge in [0.25, 0.3) is 0 Å². The zero-order chi connectivity index (χ0) is 17.8. The molecule has 0 fully saturated rings. The minimum Gasteiger partial charge on any atom is -0.461 e. The molecule has 2 nitrogen and oxygen atoms in total. The minimum atomic E-state index is -0.0805. The van der Waals surface area contributed by atoms with Crippen molar-refractivity contribution in [3.05, 3.63) is 34.9 Å². The van der Waals surface area contributed by atoms with Gasteiger partial charge in [-0.25, -0.2) is 0 Å². The third-order valence-electron chi connectivity index (χ3n) is 4.15. The number of rotatable bonds is 10. The zero-order valence-corrected chi connectivity index (χ0v) is 16.2. The Morgan fingerprint density at radius 1 is 0.913 bits per heavy atom. The lowest BCUT2D eigenvalue weighted by Crippen LogP contribution is -2.21. The third kappa shape index (κ3) is 11.9. The van der Waals surface area contributed by atoms with Gasteiger partial charge in [0.1, 0.15) is 6.61 Å². The Kier molecular flexibility index (Phi) is 11.5. The van der Waals surface area contributed by atoms with E-state index >= 15 is 0 Å². The predicted molar refractivity (Wildman–Crippen MR) is 100 cm³/mol. The standard InChI is InChI=1S/C21H36O2/c1-16(2)10-8-12-18(5)14-15-23-21(22)20(7)19(6)13-9-11-17(3)4/h10-11,14,19-20H,8-9,12-13,15H2,1-7H3/b18-14+. The van der Waals surface area contributed by atoms with Crippen molar-refractivity contribution in [2.75, 3.05) is 6.61 Å². The van der Waals surface area contributed by atoms with E-state index in [9.17, 15) is 4.79 Å². The second-order valence-corrected chi connectivity index (χ2v) is 7.13. The third-order valence-corrected chi connectivity index (χ3v) is 4.15. The number of allylic oxidation sites excluding steroid dienone is 5. The van der Waals surface area contributed by atoms with E-state index in [1.54, 1.807) is 0 Å². The molecule has 23 heavy (non-hydrogen) atoms. The van der Waals surface area contributed by atoms with E-state index in [2.05, 4.69) is 53.7 Å². The van der Waals surface area contributed by atoms with Crippen molar-refractivity contribution in [2.24, 2.45) is 11.8 Å². The molecule has 0 N–H and O–H groups in total. The summed E-state index contributed by atoms with van der Waals surface area (Å²) in [5.41, 5.74) is 3.96. The Bertz CT molecular complexity index is 433. The Hall–Kier alpha value is -1.31. The lowest BCUT2D eigenvalue weighted by Gasteiger charge is -2.17. The summed E-state index contributed by atoms with van der Waals surface area (Å²) < 4.78 is 5.40. The van der Waals surface area contributed by atoms with E-state index in [4.69, 9.17) is 4.74 Å². The van der Waals surface area contributed by atoms with E-state index in [1.807, 2.05) is 13.0 Å². The van der Waals surface area contributed by atoms with Crippen LogP contribution >= 0.6 is 0 Å². The van der Waals surface area contributed by atoms with Crippen LogP contribution in [0.2, 0.25) is 0 Å². The van der Waals surface area contributed by atoms with Crippen molar-refractivity contribution in [2.45, 2.75) is 74.1 Å². The van der Waals surface area contributed by atoms with Gasteiger partial charge in [-0.3, -0.25) is 4.79 Å². The first-order chi connectivity index (χ1) is 10.7. The van der Waals surface area contributed by atoms with Crippen LogP contribution in [0.5, 0.6) is 0 Å². The lowest BCUT2D eigenvalue weighted by molar-refractivity contribution is -0.148. The molecule has 2 heteroatoms. The molecule has 0 heterocycles. The maximum atomic E-state index is 12.1. The normalized spacial score (nSPS) is 14.0. The maximum absolute atomic E-state index is 12.1. The summed E-state index contributed by atoms with van der Waals surface area (Å²) in [4.78, 5) is 12.1. The number of hydrogen-bond acceptors (Lipinski definition) is 2. The molecule has 132 valence electrons. The highest BCUT2D eigenvalue weighted by Crippen LogP contribution is 2.19. The first-order valence-electron chi connectivity index (χ1n) is 8.83. The summed E-state index contributed by atoms with van der Waals surface area (Å²) in [6.07, 6.45) is 10.6. The van der Waals surface area contributed by atoms with Crippen LogP contribution in [0.1, 0.15) is 74.1 Å². The van der Waals surface area contributed by atoms with Crippen molar-refractivity contribution < 1.29 is 9.53 Å². The van der Waals surface area contributed by atoms with E-state index in [-0.39, 0.29) is 11.9 Å². The van der Waals surface area contributed by atoms with Gasteiger partial charge in [-0.15, -0.1) is 0 Å². The van der Waals surface area contributed by atoms with Crippen molar-refractivity contribution in [3.8, 4) is 0 Å². The van der Waals surface area contributed by atoms with Crippen molar-refractivity contribution >= 4 is 5.97 Å². The largest absolute Gasteiger partial charge is 0.461 e. The van der Waals surface area contributed by atoms with Crippen molar-refractivity contribution in [1.29, 1.82) is 0 Å². The molecule has 0 saturated heterocycles. The summed E-state index contributed by atoms with van der Waals surface area (Å²) in [6, 6.07) is 0. The molecule has 0 saturated carbocycles. The molecule has 2 atom stereocenters. The van der Waals surface area contributed by atoms with Crippen LogP contribution in [0, 0.1) is 11.8 Å². The van der Waals surface area contributed by atoms with Crippen LogP contribution < -0.4 is 0 Å². The molecular weight excluding hydrogens is 284 g/mol. The summed E-state index contributed by atoms with van der Waals surface area (Å²) in [7, 11) is 0. The van der Waals surface area contributed by atoms with Crippen LogP contribution in [0.3, 0.4) is 0 Å². The Balaban J connectivity index is 4.12. The molecule has 0 aliphatic carbocycles. The molecule has 0 radical (unpaired) electrons. The molecule has 0 aromatic carbocycles. The summed E-state index contributed by atoms with van der Waals surface area (Å²) >= 11 is 0. The van der Waals surface area contributed by atoms with Crippen molar-refractivity contribution in [3.63, 3.8) is 0 Å². The first-order valence-corrected chi connectivity index (χ1v) is 8.83. The van der Waals surface area contributed by atoms with Gasteiger partial charge < -0.3 is 4.74 Å². The predicted octanol–water partition coefficient (Wildman–Crippen LogP) is 6.24. The van der Waals surface area contributed by atoms with Crippen LogP contribution in [-0.2, 0) is 9.53 Å². The minimum absolute atomic E-state index is 0.0417. The smallest absolute Gasteiger partial charge is 0.309 e. The van der Waals surface area contributed by atoms with Gasteiger partial charge in [-0.05, 0) is 72.3 Å². The number of carbonyl (C=O) groups is 1. The molecule has 0 spiro atoms. The van der Waals surface area contributed by atoms with Gasteiger partial charge in [0.2, 0.25) is 0 Å². The molecule has 0 aliphatic rings. The molecule has 0 aliphatic heterocycles. The molecule has 0 aromatic rings. The quantitative estimate of drug-likeness (QED) is 0.352. The highest BCUT2D eigenvalue weighted by Gasteiger charge is 2.20. The van der Waals surface area contributed by atoms with Gasteiger partial charge in [-0.2, -0.15) is 0 Å². The fourth-order valence-electron chi connectivity index (χ4n) is 2.21. The Morgan fingerprint density at radius 3 is 2.04 bits per heavy atom. The fourth-order valence-corrected chi connectivity index (χ4v) is 2.21. The topological polar surface area (TPSA) is 26.3 Å². The SMILES string of the molecule is CC(C)=CCC/C(C)=C/COC(=O)C(C)C(C)CCC=C(C)C. The van der Waals surface area contributed by atoms with Gasteiger partial charge >= 0.3 is 5.97 Å². The first kappa shape index (κ1) is 21.7. The molecule has 0 aromatic heterocycles. The molecule has 0 bridgehead atoms. The Morgan fingerprint density at radius 2 is 1.48 bits per heavy atom. The second-order valence-electron chi connectivity index (χ2n) is 7.13. The monoisotopic (exact) mass is 320 g/mol. The molecule has 2 unspecified atom stereocenters. The van der Waals surface area contributed by atoms with Crippen LogP contribution in [0.4, 0.5) is 0 Å². The summed E-state index contributed by atoms with van der Waals surface area (Å²) in [5, 5.41) is 0. The second kappa shape index (κ2) is 12.2. The number of ether oxygens (including phenoxy) is 1. The number of carbonyl (C=O) groups excluding carboxylic acids is 1. The van der Waals surface area contributed by atoms with E-state index in [1.165, 1.54) is 16.7 Å². The summed E-state index contributed by atoms with van der Waals surface area (Å²) in [5.74, 6) is 0.226. The zero-order valence-electron chi connectivity index (χ0n) is 16.2. The molecular formula is C21H36O2. The van der Waals surface area contributed by atoms with Gasteiger partial charge in [0, 0.05) is 0 Å². The fraction of sp³-hybridized carbons (Fsp3) is 0.667. The number of hydrogen-bond donors (Lipinski definition) is 0. The van der Waals surface area contributed by atoms with Crippen LogP contribution in [0.25, 0.3) is 0 Å². The average molecular weight is 321 g/mol. The van der Waals surface area contributed by atoms with Gasteiger partial charge in [0.15, 0.2) is 0 Å².